The van der Waals surface area contributed by atoms with Crippen molar-refractivity contribution in [1.29, 1.82) is 0 Å². The molecule has 2 fully saturated rings. The lowest BCUT2D eigenvalue weighted by Gasteiger charge is -2.42. The van der Waals surface area contributed by atoms with E-state index in [1.807, 2.05) is 25.7 Å². The molecule has 2 aromatic carbocycles. The Hall–Kier alpha value is -4.16. The van der Waals surface area contributed by atoms with Crippen LogP contribution in [0.25, 0.3) is 33.7 Å². The molecule has 3 heterocycles. The summed E-state index contributed by atoms with van der Waals surface area (Å²) >= 11 is 0. The number of aliphatic hydroxyl groups is 1. The molecule has 270 valence electrons. The quantitative estimate of drug-likeness (QED) is 0.223. The molecule has 1 aromatic heterocycles. The third kappa shape index (κ3) is 7.76. The lowest BCUT2D eigenvalue weighted by Crippen LogP contribution is -2.57. The number of benzene rings is 2. The Morgan fingerprint density at radius 1 is 1.08 bits per heavy atom. The average molecular weight is 697 g/mol. The predicted molar refractivity (Wildman–Crippen MR) is 189 cm³/mol. The highest BCUT2D eigenvalue weighted by Crippen LogP contribution is 2.43. The second kappa shape index (κ2) is 14.2. The third-order valence-electron chi connectivity index (χ3n) is 8.90. The molecule has 0 spiro atoms. The van der Waals surface area contributed by atoms with Gasteiger partial charge >= 0.3 is 6.09 Å². The molecule has 0 radical (unpaired) electrons. The molecule has 2 aliphatic rings. The van der Waals surface area contributed by atoms with Crippen molar-refractivity contribution >= 4 is 34.5 Å². The van der Waals surface area contributed by atoms with Gasteiger partial charge in [-0.15, -0.1) is 0 Å². The van der Waals surface area contributed by atoms with Crippen LogP contribution in [0.1, 0.15) is 84.7 Å². The van der Waals surface area contributed by atoms with Crippen LogP contribution in [0, 0.1) is 18.6 Å². The number of allylic oxidation sites excluding steroid dienone is 2. The summed E-state index contributed by atoms with van der Waals surface area (Å²) in [5.74, 6) is -1.59. The zero-order valence-electron chi connectivity index (χ0n) is 30.3. The van der Waals surface area contributed by atoms with Crippen molar-refractivity contribution in [3.8, 4) is 16.9 Å². The SMILES string of the molecule is CC/C(=C(/C)F)c1c(C)cc(OCOC)cc1-c1c(F)cc2c(N3CC4CCC(C3)N4C(=O)OC(C)(C)C)nc(/C=C/C(C)(C)O)nc2c1F. The lowest BCUT2D eigenvalue weighted by molar-refractivity contribution is 0.0122. The number of aromatic nitrogens is 2. The number of carbonyl (C=O) groups is 1. The summed E-state index contributed by atoms with van der Waals surface area (Å²) in [4.78, 5) is 26.1. The van der Waals surface area contributed by atoms with Crippen molar-refractivity contribution < 1.29 is 37.3 Å². The number of amides is 1. The van der Waals surface area contributed by atoms with Gasteiger partial charge in [0.15, 0.2) is 18.4 Å². The fraction of sp³-hybridized carbons (Fsp3) is 0.500. The molecule has 3 aromatic rings. The van der Waals surface area contributed by atoms with Crippen LogP contribution in [0.15, 0.2) is 30.1 Å². The molecule has 1 amide bonds. The van der Waals surface area contributed by atoms with Crippen molar-refractivity contribution in [1.82, 2.24) is 14.9 Å². The van der Waals surface area contributed by atoms with Crippen LogP contribution in [-0.2, 0) is 9.47 Å². The molecule has 9 nitrogen and oxygen atoms in total. The molecular formula is C38H47F3N4O5. The molecule has 1 N–H and O–H groups in total. The van der Waals surface area contributed by atoms with Crippen molar-refractivity contribution in [2.75, 3.05) is 31.9 Å². The zero-order chi connectivity index (χ0) is 36.7. The number of ether oxygens (including phenoxy) is 3. The van der Waals surface area contributed by atoms with E-state index >= 15 is 8.78 Å². The molecule has 2 bridgehead atoms. The Morgan fingerprint density at radius 2 is 1.74 bits per heavy atom. The molecule has 12 heteroatoms. The molecule has 2 unspecified atom stereocenters. The highest BCUT2D eigenvalue weighted by atomic mass is 19.1. The first-order chi connectivity index (χ1) is 23.4. The number of rotatable bonds is 9. The number of methoxy groups -OCH3 is 1. The normalized spacial score (nSPS) is 18.7. The third-order valence-corrected chi connectivity index (χ3v) is 8.90. The van der Waals surface area contributed by atoms with Gasteiger partial charge < -0.3 is 24.2 Å². The van der Waals surface area contributed by atoms with Gasteiger partial charge in [0, 0.05) is 25.6 Å². The molecule has 2 aliphatic heterocycles. The summed E-state index contributed by atoms with van der Waals surface area (Å²) < 4.78 is 65.1. The van der Waals surface area contributed by atoms with E-state index < -0.39 is 28.7 Å². The summed E-state index contributed by atoms with van der Waals surface area (Å²) in [6.45, 7) is 14.1. The van der Waals surface area contributed by atoms with E-state index in [-0.39, 0.29) is 59.2 Å². The first kappa shape index (κ1) is 37.1. The van der Waals surface area contributed by atoms with Gasteiger partial charge in [0.1, 0.15) is 34.3 Å². The Kier molecular flexibility index (Phi) is 10.6. The largest absolute Gasteiger partial charge is 0.468 e. The highest BCUT2D eigenvalue weighted by Gasteiger charge is 2.45. The maximum absolute atomic E-state index is 17.1. The van der Waals surface area contributed by atoms with Crippen molar-refractivity contribution in [3.63, 3.8) is 0 Å². The van der Waals surface area contributed by atoms with Gasteiger partial charge in [0.25, 0.3) is 0 Å². The van der Waals surface area contributed by atoms with E-state index in [9.17, 15) is 14.3 Å². The molecule has 0 aliphatic carbocycles. The highest BCUT2D eigenvalue weighted by molar-refractivity contribution is 5.96. The minimum absolute atomic E-state index is 0.101. The van der Waals surface area contributed by atoms with E-state index in [0.29, 0.717) is 41.4 Å². The average Bonchev–Trinajstić information content (AvgIpc) is 3.28. The Morgan fingerprint density at radius 3 is 2.30 bits per heavy atom. The molecular weight excluding hydrogens is 649 g/mol. The number of aryl methyl sites for hydroxylation is 1. The Bertz CT molecular complexity index is 1830. The summed E-state index contributed by atoms with van der Waals surface area (Å²) in [7, 11) is 1.46. The maximum Gasteiger partial charge on any atom is 0.410 e. The van der Waals surface area contributed by atoms with Gasteiger partial charge in [-0.2, -0.15) is 0 Å². The van der Waals surface area contributed by atoms with Crippen molar-refractivity contribution in [2.24, 2.45) is 0 Å². The smallest absolute Gasteiger partial charge is 0.410 e. The minimum Gasteiger partial charge on any atom is -0.468 e. The summed E-state index contributed by atoms with van der Waals surface area (Å²) in [6, 6.07) is 3.99. The van der Waals surface area contributed by atoms with Gasteiger partial charge in [-0.1, -0.05) is 6.92 Å². The standard InChI is InChI=1S/C38H47F3N4O5/c1-10-26(22(3)39)31-21(2)15-25(49-20-48-9)16-27(31)32-29(40)17-28-34(33(32)41)42-30(13-14-38(7,8)47)43-35(28)44-18-23-11-12-24(19-44)45(23)36(46)50-37(4,5)6/h13-17,23-24,47H,10-12,18-20H2,1-9H3/b14-13+,26-22+. The molecule has 2 atom stereocenters. The number of piperazine rings is 1. The van der Waals surface area contributed by atoms with Gasteiger partial charge in [0.05, 0.1) is 23.2 Å². The number of carbonyl (C=O) groups excluding carboxylic acids is 1. The Labute approximate surface area is 291 Å². The minimum atomic E-state index is -1.22. The Balaban J connectivity index is 1.71. The van der Waals surface area contributed by atoms with E-state index in [1.165, 1.54) is 38.3 Å². The van der Waals surface area contributed by atoms with Crippen molar-refractivity contribution in [2.45, 2.75) is 97.9 Å². The monoisotopic (exact) mass is 696 g/mol. The van der Waals surface area contributed by atoms with Crippen LogP contribution in [-0.4, -0.2) is 76.3 Å². The summed E-state index contributed by atoms with van der Waals surface area (Å²) in [5.41, 5.74) is -1.06. The number of hydrogen-bond donors (Lipinski definition) is 1. The summed E-state index contributed by atoms with van der Waals surface area (Å²) in [5, 5.41) is 10.6. The second-order valence-corrected chi connectivity index (χ2v) is 14.6. The van der Waals surface area contributed by atoms with Crippen LogP contribution in [0.3, 0.4) is 0 Å². The predicted octanol–water partition coefficient (Wildman–Crippen LogP) is 8.35. The molecule has 0 saturated carbocycles. The van der Waals surface area contributed by atoms with Crippen LogP contribution < -0.4 is 9.64 Å². The van der Waals surface area contributed by atoms with Crippen molar-refractivity contribution in [3.05, 3.63) is 58.7 Å². The van der Waals surface area contributed by atoms with Gasteiger partial charge in [-0.3, -0.25) is 4.90 Å². The molecule has 2 saturated heterocycles. The number of fused-ring (bicyclic) bond motifs is 3. The summed E-state index contributed by atoms with van der Waals surface area (Å²) in [6.07, 6.45) is 4.36. The molecule has 5 rings (SSSR count). The number of anilines is 1. The maximum atomic E-state index is 17.1. The van der Waals surface area contributed by atoms with E-state index in [2.05, 4.69) is 4.98 Å². The first-order valence-corrected chi connectivity index (χ1v) is 16.9. The van der Waals surface area contributed by atoms with Crippen LogP contribution in [0.2, 0.25) is 0 Å². The lowest BCUT2D eigenvalue weighted by atomic mass is 9.88. The van der Waals surface area contributed by atoms with Gasteiger partial charge in [0.2, 0.25) is 0 Å². The number of nitrogens with zero attached hydrogens (tertiary/aromatic N) is 4. The van der Waals surface area contributed by atoms with Crippen LogP contribution in [0.4, 0.5) is 23.8 Å². The van der Waals surface area contributed by atoms with Gasteiger partial charge in [-0.25, -0.2) is 27.9 Å². The van der Waals surface area contributed by atoms with E-state index in [4.69, 9.17) is 19.2 Å². The fourth-order valence-corrected chi connectivity index (χ4v) is 6.88. The zero-order valence-corrected chi connectivity index (χ0v) is 30.3. The number of hydrogen-bond acceptors (Lipinski definition) is 8. The topological polar surface area (TPSA) is 97.3 Å². The van der Waals surface area contributed by atoms with Gasteiger partial charge in [-0.05, 0) is 120 Å². The fourth-order valence-electron chi connectivity index (χ4n) is 6.88. The van der Waals surface area contributed by atoms with Crippen LogP contribution >= 0.6 is 0 Å². The second-order valence-electron chi connectivity index (χ2n) is 14.6. The molecule has 50 heavy (non-hydrogen) atoms. The van der Waals surface area contributed by atoms with E-state index in [1.54, 1.807) is 38.7 Å². The van der Waals surface area contributed by atoms with Crippen LogP contribution in [0.5, 0.6) is 5.75 Å². The first-order valence-electron chi connectivity index (χ1n) is 16.9. The number of halogens is 3. The van der Waals surface area contributed by atoms with E-state index in [0.717, 1.165) is 12.8 Å².